The first kappa shape index (κ1) is 49.2. The number of fused-ring (bicyclic) bond motifs is 3. The van der Waals surface area contributed by atoms with Gasteiger partial charge >= 0.3 is 18.2 Å². The summed E-state index contributed by atoms with van der Waals surface area (Å²) >= 11 is 3.43. The van der Waals surface area contributed by atoms with Gasteiger partial charge in [-0.3, -0.25) is 19.2 Å². The van der Waals surface area contributed by atoms with Crippen LogP contribution < -0.4 is 26.0 Å². The summed E-state index contributed by atoms with van der Waals surface area (Å²) in [6, 6.07) is 26.1. The van der Waals surface area contributed by atoms with E-state index in [4.69, 9.17) is 14.2 Å². The number of halogens is 1. The van der Waals surface area contributed by atoms with Crippen LogP contribution in [0, 0.1) is 11.8 Å². The first-order valence-corrected chi connectivity index (χ1v) is 23.1. The van der Waals surface area contributed by atoms with Gasteiger partial charge in [-0.05, 0) is 83.5 Å². The number of carboxylic acid groups (broad SMARTS) is 1. The van der Waals surface area contributed by atoms with Crippen LogP contribution in [0.2, 0.25) is 0 Å². The van der Waals surface area contributed by atoms with Crippen molar-refractivity contribution in [2.24, 2.45) is 11.8 Å². The zero-order chi connectivity index (χ0) is 47.3. The van der Waals surface area contributed by atoms with Crippen molar-refractivity contribution in [3.63, 3.8) is 0 Å². The normalized spacial score (nSPS) is 19.1. The molecule has 4 aromatic carbocycles. The molecule has 0 aromatic heterocycles. The van der Waals surface area contributed by atoms with Crippen LogP contribution in [0.15, 0.2) is 102 Å². The number of benzene rings is 4. The third-order valence-corrected chi connectivity index (χ3v) is 12.3. The molecule has 0 spiro atoms. The number of hydrogen-bond donors (Lipinski definition) is 5. The van der Waals surface area contributed by atoms with Gasteiger partial charge in [0, 0.05) is 35.1 Å². The fourth-order valence-electron chi connectivity index (χ4n) is 8.32. The second kappa shape index (κ2) is 23.3. The molecule has 1 fully saturated rings. The lowest BCUT2D eigenvalue weighted by molar-refractivity contribution is -0.146. The Balaban J connectivity index is 1.23. The van der Waals surface area contributed by atoms with Gasteiger partial charge in [-0.15, -0.1) is 0 Å². The number of carbonyl (C=O) groups is 6. The molecule has 4 aromatic rings. The number of alkyl carbamates (subject to hydrolysis) is 1. The van der Waals surface area contributed by atoms with Gasteiger partial charge in [0.05, 0.1) is 6.04 Å². The third-order valence-electron chi connectivity index (χ3n) is 11.5. The summed E-state index contributed by atoms with van der Waals surface area (Å²) < 4.78 is 17.3. The molecule has 0 radical (unpaired) electrons. The molecule has 0 bridgehead atoms. The Hall–Kier alpha value is -6.26. The van der Waals surface area contributed by atoms with E-state index in [9.17, 15) is 33.9 Å². The van der Waals surface area contributed by atoms with Gasteiger partial charge in [0.2, 0.25) is 17.7 Å². The van der Waals surface area contributed by atoms with E-state index in [0.717, 1.165) is 32.3 Å². The third kappa shape index (κ3) is 13.6. The van der Waals surface area contributed by atoms with Crippen LogP contribution in [-0.2, 0) is 41.7 Å². The van der Waals surface area contributed by atoms with Crippen LogP contribution in [0.3, 0.4) is 0 Å². The maximum atomic E-state index is 14.4. The zero-order valence-corrected chi connectivity index (χ0v) is 39.2. The molecule has 5 N–H and O–H groups in total. The standard InChI is InChI=1S/C50H58BrN5O10/c1-30(2)23-42-46(59)55-44(24-31(3)4)48(61)56(27-45(57)58)22-21-34(26-52-49(62)64-29-40-38-14-8-6-12-36(38)37-13-7-9-15-39(37)40)53-43(47(60)54-42)25-32-17-19-35(20-18-32)66-50(63)65-28-33-11-5-10-16-41(33)51/h5-20,30-31,34,40,42-44,53H,21-29H2,1-4H3,(H,52,62)(H,54,60)(H,55,59)(H,57,58)/t34-,42-,43-,44-/m0/s1. The molecule has 1 saturated heterocycles. The molecular weight excluding hydrogens is 910 g/mol. The highest BCUT2D eigenvalue weighted by molar-refractivity contribution is 9.10. The van der Waals surface area contributed by atoms with Crippen molar-refractivity contribution in [2.75, 3.05) is 26.2 Å². The summed E-state index contributed by atoms with van der Waals surface area (Å²) in [6.07, 6.45) is -0.916. The maximum absolute atomic E-state index is 14.4. The first-order valence-electron chi connectivity index (χ1n) is 22.3. The molecule has 4 atom stereocenters. The predicted molar refractivity (Wildman–Crippen MR) is 250 cm³/mol. The lowest BCUT2D eigenvalue weighted by atomic mass is 9.98. The van der Waals surface area contributed by atoms with Crippen LogP contribution in [-0.4, -0.2) is 96.4 Å². The summed E-state index contributed by atoms with van der Waals surface area (Å²) in [4.78, 5) is 82.0. The molecular formula is C50H58BrN5O10. The fourth-order valence-corrected chi connectivity index (χ4v) is 8.72. The van der Waals surface area contributed by atoms with E-state index in [1.165, 1.54) is 4.90 Å². The lowest BCUT2D eigenvalue weighted by Crippen LogP contribution is -2.58. The molecule has 0 saturated carbocycles. The number of hydrogen-bond acceptors (Lipinski definition) is 10. The van der Waals surface area contributed by atoms with Gasteiger partial charge in [-0.25, -0.2) is 9.59 Å². The largest absolute Gasteiger partial charge is 0.514 e. The molecule has 16 heteroatoms. The van der Waals surface area contributed by atoms with E-state index in [1.54, 1.807) is 24.3 Å². The summed E-state index contributed by atoms with van der Waals surface area (Å²) in [5.74, 6) is -2.91. The lowest BCUT2D eigenvalue weighted by Gasteiger charge is -2.30. The van der Waals surface area contributed by atoms with E-state index in [2.05, 4.69) is 37.2 Å². The number of nitrogens with one attached hydrogen (secondary N) is 4. The van der Waals surface area contributed by atoms with Gasteiger partial charge in [-0.1, -0.05) is 122 Å². The van der Waals surface area contributed by atoms with E-state index < -0.39 is 66.7 Å². The van der Waals surface area contributed by atoms with Crippen molar-refractivity contribution in [1.29, 1.82) is 0 Å². The minimum atomic E-state index is -1.24. The molecule has 1 aliphatic heterocycles. The number of nitrogens with zero attached hydrogens (tertiary/aromatic N) is 1. The van der Waals surface area contributed by atoms with E-state index in [0.29, 0.717) is 5.56 Å². The molecule has 2 aliphatic rings. The van der Waals surface area contributed by atoms with Crippen molar-refractivity contribution >= 4 is 51.9 Å². The Bertz CT molecular complexity index is 2310. The van der Waals surface area contributed by atoms with Crippen LogP contribution in [0.5, 0.6) is 5.75 Å². The highest BCUT2D eigenvalue weighted by atomic mass is 79.9. The number of carbonyl (C=O) groups excluding carboxylic acids is 5. The quantitative estimate of drug-likeness (QED) is 0.0610. The fraction of sp³-hybridized carbons (Fsp3) is 0.400. The number of rotatable bonds is 15. The number of amides is 4. The van der Waals surface area contributed by atoms with Gasteiger partial charge in [0.25, 0.3) is 0 Å². The van der Waals surface area contributed by atoms with Gasteiger partial charge in [0.15, 0.2) is 0 Å². The molecule has 1 aliphatic carbocycles. The van der Waals surface area contributed by atoms with Crippen molar-refractivity contribution in [2.45, 2.75) is 90.1 Å². The minimum absolute atomic E-state index is 0.00540. The van der Waals surface area contributed by atoms with Crippen molar-refractivity contribution in [3.05, 3.63) is 124 Å². The Morgan fingerprint density at radius 2 is 1.36 bits per heavy atom. The number of ether oxygens (including phenoxy) is 3. The number of carboxylic acids is 1. The Labute approximate surface area is 393 Å². The molecule has 4 amide bonds. The predicted octanol–water partition coefficient (Wildman–Crippen LogP) is 6.95. The first-order chi connectivity index (χ1) is 31.6. The topological polar surface area (TPSA) is 202 Å². The number of aliphatic carboxylic acids is 1. The van der Waals surface area contributed by atoms with Crippen LogP contribution >= 0.6 is 15.9 Å². The SMILES string of the molecule is CC(C)C[C@@H]1NC(=O)[C@H](Cc2ccc(OC(=O)OCc3ccccc3Br)cc2)N[C@H](CNC(=O)OCC2c3ccccc3-c3ccccc32)CCN(CC(=O)O)C(=O)[C@H](CC(C)C)NC1=O. The summed E-state index contributed by atoms with van der Waals surface area (Å²) in [7, 11) is 0. The molecule has 66 heavy (non-hydrogen) atoms. The molecule has 0 unspecified atom stereocenters. The molecule has 1 heterocycles. The average Bonchev–Trinajstić information content (AvgIpc) is 3.60. The van der Waals surface area contributed by atoms with Crippen LogP contribution in [0.4, 0.5) is 9.59 Å². The molecule has 15 nitrogen and oxygen atoms in total. The summed E-state index contributed by atoms with van der Waals surface area (Å²) in [6.45, 7) is 6.90. The molecule has 6 rings (SSSR count). The monoisotopic (exact) mass is 967 g/mol. The minimum Gasteiger partial charge on any atom is -0.480 e. The van der Waals surface area contributed by atoms with E-state index in [-0.39, 0.29) is 75.5 Å². The van der Waals surface area contributed by atoms with Crippen LogP contribution in [0.1, 0.15) is 75.1 Å². The highest BCUT2D eigenvalue weighted by Gasteiger charge is 2.35. The zero-order valence-electron chi connectivity index (χ0n) is 37.6. The Morgan fingerprint density at radius 1 is 0.773 bits per heavy atom. The smallest absolute Gasteiger partial charge is 0.480 e. The van der Waals surface area contributed by atoms with Crippen molar-refractivity contribution in [1.82, 2.24) is 26.2 Å². The Kier molecular flexibility index (Phi) is 17.3. The maximum Gasteiger partial charge on any atom is 0.514 e. The van der Waals surface area contributed by atoms with Gasteiger partial charge in [-0.2, -0.15) is 0 Å². The Morgan fingerprint density at radius 3 is 2.00 bits per heavy atom. The second-order valence-corrected chi connectivity index (χ2v) is 18.4. The van der Waals surface area contributed by atoms with Gasteiger partial charge < -0.3 is 45.5 Å². The second-order valence-electron chi connectivity index (χ2n) is 17.5. The highest BCUT2D eigenvalue weighted by Crippen LogP contribution is 2.44. The summed E-state index contributed by atoms with van der Waals surface area (Å²) in [5, 5.41) is 21.9. The van der Waals surface area contributed by atoms with Crippen molar-refractivity contribution < 1.29 is 48.1 Å². The van der Waals surface area contributed by atoms with Gasteiger partial charge in [0.1, 0.15) is 37.6 Å². The van der Waals surface area contributed by atoms with Crippen LogP contribution in [0.25, 0.3) is 11.1 Å². The van der Waals surface area contributed by atoms with E-state index >= 15 is 0 Å². The molecule has 350 valence electrons. The summed E-state index contributed by atoms with van der Waals surface area (Å²) in [5.41, 5.74) is 5.70. The van der Waals surface area contributed by atoms with E-state index in [1.807, 2.05) is 100 Å². The average molecular weight is 969 g/mol. The van der Waals surface area contributed by atoms with Crippen molar-refractivity contribution in [3.8, 4) is 16.9 Å².